The predicted molar refractivity (Wildman–Crippen MR) is 224 cm³/mol. The number of nitrogens with zero attached hydrogens (tertiary/aromatic N) is 1. The average Bonchev–Trinajstić information content (AvgIpc) is 3.48. The summed E-state index contributed by atoms with van der Waals surface area (Å²) in [5.41, 5.74) is 19.2. The minimum absolute atomic E-state index is 0.0461. The Morgan fingerprint density at radius 1 is 0.442 bits per heavy atom. The highest BCUT2D eigenvalue weighted by Gasteiger charge is 2.41. The van der Waals surface area contributed by atoms with Crippen molar-refractivity contribution in [3.05, 3.63) is 197 Å². The van der Waals surface area contributed by atoms with Gasteiger partial charge >= 0.3 is 0 Å². The predicted octanol–water partition coefficient (Wildman–Crippen LogP) is 14.4. The molecule has 0 saturated heterocycles. The summed E-state index contributed by atoms with van der Waals surface area (Å²) in [6, 6.07) is 59.9. The highest BCUT2D eigenvalue weighted by Crippen LogP contribution is 2.54. The zero-order valence-electron chi connectivity index (χ0n) is 30.6. The molecule has 0 fully saturated rings. The van der Waals surface area contributed by atoms with Crippen LogP contribution in [-0.2, 0) is 5.41 Å². The summed E-state index contributed by atoms with van der Waals surface area (Å²) in [7, 11) is 0. The van der Waals surface area contributed by atoms with E-state index in [1.165, 1.54) is 72.4 Å². The molecular formula is C51H45N. The van der Waals surface area contributed by atoms with E-state index in [1.807, 2.05) is 0 Å². The van der Waals surface area contributed by atoms with Gasteiger partial charge < -0.3 is 4.90 Å². The lowest BCUT2D eigenvalue weighted by Crippen LogP contribution is -2.23. The number of rotatable bonds is 9. The molecule has 8 rings (SSSR count). The van der Waals surface area contributed by atoms with Crippen LogP contribution in [0.4, 0.5) is 17.1 Å². The molecule has 0 aromatic heterocycles. The minimum Gasteiger partial charge on any atom is -0.310 e. The van der Waals surface area contributed by atoms with Crippen molar-refractivity contribution in [3.63, 3.8) is 0 Å². The number of aryl methyl sites for hydroxylation is 1. The Kier molecular flexibility index (Phi) is 8.95. The maximum atomic E-state index is 2.46. The maximum Gasteiger partial charge on any atom is 0.0465 e. The van der Waals surface area contributed by atoms with E-state index in [0.717, 1.165) is 24.2 Å². The molecule has 0 radical (unpaired) electrons. The number of benzene rings is 7. The summed E-state index contributed by atoms with van der Waals surface area (Å²) >= 11 is 0. The Balaban J connectivity index is 1.10. The fraction of sp³-hybridized carbons (Fsp3) is 0.137. The largest absolute Gasteiger partial charge is 0.310 e. The number of para-hydroxylation sites is 2. The first kappa shape index (κ1) is 33.2. The van der Waals surface area contributed by atoms with Gasteiger partial charge in [-0.05, 0) is 136 Å². The van der Waals surface area contributed by atoms with Crippen LogP contribution in [0.5, 0.6) is 0 Å². The molecule has 0 atom stereocenters. The van der Waals surface area contributed by atoms with Crippen molar-refractivity contribution in [1.29, 1.82) is 0 Å². The van der Waals surface area contributed by atoms with Gasteiger partial charge in [-0.1, -0.05) is 147 Å². The molecule has 1 nitrogen and oxygen atoms in total. The molecule has 254 valence electrons. The Morgan fingerprint density at radius 2 is 0.981 bits per heavy atom. The molecule has 7 aromatic carbocycles. The molecule has 0 saturated carbocycles. The molecule has 0 aliphatic heterocycles. The van der Waals surface area contributed by atoms with Gasteiger partial charge in [0.15, 0.2) is 0 Å². The van der Waals surface area contributed by atoms with Gasteiger partial charge in [-0.15, -0.1) is 0 Å². The second kappa shape index (κ2) is 14.0. The van der Waals surface area contributed by atoms with Crippen LogP contribution in [0, 0.1) is 13.8 Å². The monoisotopic (exact) mass is 671 g/mol. The van der Waals surface area contributed by atoms with Crippen LogP contribution < -0.4 is 4.90 Å². The highest BCUT2D eigenvalue weighted by molar-refractivity contribution is 5.87. The van der Waals surface area contributed by atoms with Gasteiger partial charge in [0.05, 0.1) is 0 Å². The van der Waals surface area contributed by atoms with Crippen LogP contribution in [-0.4, -0.2) is 0 Å². The van der Waals surface area contributed by atoms with Crippen molar-refractivity contribution >= 4 is 29.2 Å². The van der Waals surface area contributed by atoms with Crippen molar-refractivity contribution in [3.8, 4) is 33.4 Å². The van der Waals surface area contributed by atoms with Crippen LogP contribution in [0.1, 0.15) is 60.1 Å². The molecule has 52 heavy (non-hydrogen) atoms. The number of hydrogen-bond donors (Lipinski definition) is 0. The Labute approximate surface area is 309 Å². The molecule has 0 bridgehead atoms. The second-order valence-electron chi connectivity index (χ2n) is 14.1. The van der Waals surface area contributed by atoms with Crippen LogP contribution in [0.15, 0.2) is 164 Å². The van der Waals surface area contributed by atoms with Gasteiger partial charge in [-0.2, -0.15) is 0 Å². The molecule has 1 aliphatic rings. The smallest absolute Gasteiger partial charge is 0.0465 e. The summed E-state index contributed by atoms with van der Waals surface area (Å²) in [5.74, 6) is 0. The lowest BCUT2D eigenvalue weighted by Gasteiger charge is -2.32. The van der Waals surface area contributed by atoms with Gasteiger partial charge in [0, 0.05) is 22.5 Å². The van der Waals surface area contributed by atoms with E-state index in [-0.39, 0.29) is 5.41 Å². The fourth-order valence-corrected chi connectivity index (χ4v) is 8.28. The van der Waals surface area contributed by atoms with E-state index in [4.69, 9.17) is 0 Å². The Hall–Kier alpha value is -5.92. The van der Waals surface area contributed by atoms with Gasteiger partial charge in [-0.25, -0.2) is 0 Å². The third-order valence-corrected chi connectivity index (χ3v) is 11.3. The summed E-state index contributed by atoms with van der Waals surface area (Å²) < 4.78 is 0. The third kappa shape index (κ3) is 5.97. The van der Waals surface area contributed by atoms with Crippen LogP contribution in [0.2, 0.25) is 0 Å². The van der Waals surface area contributed by atoms with Crippen LogP contribution >= 0.6 is 0 Å². The summed E-state index contributed by atoms with van der Waals surface area (Å²) in [4.78, 5) is 2.38. The van der Waals surface area contributed by atoms with E-state index < -0.39 is 0 Å². The SMILES string of the molecule is CCC1(CC)c2cc(/C=C/c3ccc(-c4cc(-c5ccccc5)cc(C)c4C)cc3)ccc2-c2ccc(N(c3ccccc3)c3ccccc3)cc21. The lowest BCUT2D eigenvalue weighted by molar-refractivity contribution is 0.490. The molecule has 0 spiro atoms. The van der Waals surface area contributed by atoms with Gasteiger partial charge in [0.25, 0.3) is 0 Å². The molecule has 0 unspecified atom stereocenters. The lowest BCUT2D eigenvalue weighted by atomic mass is 9.73. The van der Waals surface area contributed by atoms with Crippen molar-refractivity contribution < 1.29 is 0 Å². The first-order chi connectivity index (χ1) is 25.5. The molecule has 0 heterocycles. The highest BCUT2D eigenvalue weighted by atomic mass is 15.1. The molecule has 0 amide bonds. The van der Waals surface area contributed by atoms with Gasteiger partial charge in [-0.3, -0.25) is 0 Å². The second-order valence-corrected chi connectivity index (χ2v) is 14.1. The van der Waals surface area contributed by atoms with E-state index in [9.17, 15) is 0 Å². The molecule has 0 N–H and O–H groups in total. The normalized spacial score (nSPS) is 12.8. The standard InChI is InChI=1S/C51H45N/c1-5-51(6-2)49-33-39(23-22-38-24-27-41(28-25-38)48-34-42(32-36(3)37(48)4)40-16-10-7-11-17-40)26-30-46(49)47-31-29-45(35-50(47)51)52(43-18-12-8-13-19-43)44-20-14-9-15-21-44/h7-35H,5-6H2,1-4H3/b23-22+. The van der Waals surface area contributed by atoms with E-state index in [0.29, 0.717) is 0 Å². The van der Waals surface area contributed by atoms with Gasteiger partial charge in [0.1, 0.15) is 0 Å². The topological polar surface area (TPSA) is 3.24 Å². The van der Waals surface area contributed by atoms with Crippen LogP contribution in [0.3, 0.4) is 0 Å². The summed E-state index contributed by atoms with van der Waals surface area (Å²) in [5, 5.41) is 0. The fourth-order valence-electron chi connectivity index (χ4n) is 8.28. The van der Waals surface area contributed by atoms with Crippen molar-refractivity contribution in [2.45, 2.75) is 46.0 Å². The van der Waals surface area contributed by atoms with Crippen molar-refractivity contribution in [2.75, 3.05) is 4.90 Å². The average molecular weight is 672 g/mol. The Morgan fingerprint density at radius 3 is 1.60 bits per heavy atom. The molecule has 1 heteroatoms. The summed E-state index contributed by atoms with van der Waals surface area (Å²) in [6.45, 7) is 9.15. The van der Waals surface area contributed by atoms with Crippen LogP contribution in [0.25, 0.3) is 45.5 Å². The van der Waals surface area contributed by atoms with Crippen molar-refractivity contribution in [2.24, 2.45) is 0 Å². The number of anilines is 3. The van der Waals surface area contributed by atoms with Crippen molar-refractivity contribution in [1.82, 2.24) is 0 Å². The number of hydrogen-bond acceptors (Lipinski definition) is 1. The zero-order chi connectivity index (χ0) is 35.7. The first-order valence-corrected chi connectivity index (χ1v) is 18.6. The third-order valence-electron chi connectivity index (χ3n) is 11.3. The number of fused-ring (bicyclic) bond motifs is 3. The maximum absolute atomic E-state index is 2.46. The van der Waals surface area contributed by atoms with Gasteiger partial charge in [0.2, 0.25) is 0 Å². The minimum atomic E-state index is -0.0461. The Bertz CT molecular complexity index is 2320. The molecular weight excluding hydrogens is 627 g/mol. The zero-order valence-corrected chi connectivity index (χ0v) is 30.6. The quantitative estimate of drug-likeness (QED) is 0.138. The molecule has 1 aliphatic carbocycles. The first-order valence-electron chi connectivity index (χ1n) is 18.6. The molecule has 7 aromatic rings. The van der Waals surface area contributed by atoms with E-state index in [1.54, 1.807) is 0 Å². The summed E-state index contributed by atoms with van der Waals surface area (Å²) in [6.07, 6.45) is 6.62. The van der Waals surface area contributed by atoms with E-state index in [2.05, 4.69) is 209 Å². The van der Waals surface area contributed by atoms with E-state index >= 15 is 0 Å².